The molecule has 0 spiro atoms. The first-order chi connectivity index (χ1) is 13.9. The lowest BCUT2D eigenvalue weighted by molar-refractivity contribution is 0.671. The largest absolute Gasteiger partial charge is 0.452 e. The quantitative estimate of drug-likeness (QED) is 0.299. The molecule has 0 radical (unpaired) electrons. The molecule has 7 rings (SSSR count). The third-order valence-electron chi connectivity index (χ3n) is 5.83. The molecule has 3 heteroatoms. The number of fused-ring (bicyclic) bond motifs is 12. The zero-order valence-corrected chi connectivity index (χ0v) is 14.9. The molecule has 4 aromatic carbocycles. The van der Waals surface area contributed by atoms with Crippen LogP contribution >= 0.6 is 0 Å². The number of furan rings is 1. The molecule has 0 amide bonds. The number of para-hydroxylation sites is 1. The second-order valence-electron chi connectivity index (χ2n) is 7.29. The van der Waals surface area contributed by atoms with Crippen molar-refractivity contribution in [2.75, 3.05) is 0 Å². The zero-order chi connectivity index (χ0) is 18.2. The van der Waals surface area contributed by atoms with Crippen LogP contribution in [0, 0.1) is 0 Å². The molecule has 0 aliphatic heterocycles. The molecule has 3 heterocycles. The number of nitrogens with one attached hydrogen (secondary N) is 1. The van der Waals surface area contributed by atoms with Crippen LogP contribution in [-0.2, 0) is 0 Å². The Morgan fingerprint density at radius 3 is 2.50 bits per heavy atom. The number of hydrogen-bond acceptors (Lipinski definition) is 2. The molecule has 7 aromatic rings. The number of rotatable bonds is 0. The first kappa shape index (κ1) is 14.2. The SMILES string of the molecule is c1ccc2c(c1)ccc1c3c4ccccc4[nH]c3c3oc4cccnc4c3c21. The highest BCUT2D eigenvalue weighted by molar-refractivity contribution is 6.38. The van der Waals surface area contributed by atoms with Crippen LogP contribution in [0.2, 0.25) is 0 Å². The molecular weight excluding hydrogens is 344 g/mol. The van der Waals surface area contributed by atoms with E-state index in [1.165, 1.54) is 32.3 Å². The number of aromatic amines is 1. The van der Waals surface area contributed by atoms with E-state index in [-0.39, 0.29) is 0 Å². The molecule has 0 saturated heterocycles. The predicted octanol–water partition coefficient (Wildman–Crippen LogP) is 6.92. The van der Waals surface area contributed by atoms with E-state index < -0.39 is 0 Å². The van der Waals surface area contributed by atoms with Gasteiger partial charge in [-0.15, -0.1) is 0 Å². The van der Waals surface area contributed by atoms with E-state index in [9.17, 15) is 0 Å². The highest BCUT2D eigenvalue weighted by Gasteiger charge is 2.20. The van der Waals surface area contributed by atoms with Crippen molar-refractivity contribution in [1.29, 1.82) is 0 Å². The van der Waals surface area contributed by atoms with Crippen molar-refractivity contribution in [3.8, 4) is 0 Å². The van der Waals surface area contributed by atoms with E-state index in [1.807, 2.05) is 18.3 Å². The number of H-pyrrole nitrogens is 1. The molecule has 0 aliphatic rings. The summed E-state index contributed by atoms with van der Waals surface area (Å²) in [6, 6.07) is 25.4. The van der Waals surface area contributed by atoms with Crippen LogP contribution in [0.1, 0.15) is 0 Å². The van der Waals surface area contributed by atoms with Gasteiger partial charge in [0.25, 0.3) is 0 Å². The normalized spacial score (nSPS) is 12.3. The van der Waals surface area contributed by atoms with Gasteiger partial charge in [0.05, 0.1) is 10.9 Å². The van der Waals surface area contributed by atoms with Crippen molar-refractivity contribution in [3.05, 3.63) is 79.0 Å². The van der Waals surface area contributed by atoms with E-state index in [0.29, 0.717) is 0 Å². The van der Waals surface area contributed by atoms with Gasteiger partial charge in [0.1, 0.15) is 5.52 Å². The third-order valence-corrected chi connectivity index (χ3v) is 5.83. The fourth-order valence-electron chi connectivity index (χ4n) is 4.68. The van der Waals surface area contributed by atoms with Crippen molar-refractivity contribution >= 4 is 65.4 Å². The van der Waals surface area contributed by atoms with Crippen molar-refractivity contribution in [2.45, 2.75) is 0 Å². The van der Waals surface area contributed by atoms with E-state index in [2.05, 4.69) is 70.6 Å². The molecule has 0 saturated carbocycles. The second-order valence-corrected chi connectivity index (χ2v) is 7.29. The molecule has 0 bridgehead atoms. The van der Waals surface area contributed by atoms with Gasteiger partial charge in [0.2, 0.25) is 0 Å². The van der Waals surface area contributed by atoms with E-state index in [0.717, 1.165) is 33.1 Å². The minimum atomic E-state index is 0.817. The Bertz CT molecular complexity index is 1720. The Labute approximate surface area is 159 Å². The maximum atomic E-state index is 6.36. The van der Waals surface area contributed by atoms with Gasteiger partial charge in [-0.05, 0) is 34.4 Å². The van der Waals surface area contributed by atoms with Crippen molar-refractivity contribution in [3.63, 3.8) is 0 Å². The standard InChI is InChI=1S/C25H14N2O/c1-2-7-15-14(6-1)11-12-17-20(15)22-23-19(10-5-13-26-23)28-25(22)24-21(17)16-8-3-4-9-18(16)27-24/h1-13,27H. The summed E-state index contributed by atoms with van der Waals surface area (Å²) in [5.74, 6) is 0. The van der Waals surface area contributed by atoms with Crippen LogP contribution in [0.5, 0.6) is 0 Å². The van der Waals surface area contributed by atoms with Crippen LogP contribution in [0.15, 0.2) is 83.4 Å². The highest BCUT2D eigenvalue weighted by atomic mass is 16.3. The van der Waals surface area contributed by atoms with E-state index >= 15 is 0 Å². The van der Waals surface area contributed by atoms with Crippen LogP contribution in [0.3, 0.4) is 0 Å². The lowest BCUT2D eigenvalue weighted by Gasteiger charge is -2.07. The summed E-state index contributed by atoms with van der Waals surface area (Å²) in [6.45, 7) is 0. The smallest absolute Gasteiger partial charge is 0.161 e. The number of hydrogen-bond donors (Lipinski definition) is 1. The topological polar surface area (TPSA) is 41.8 Å². The summed E-state index contributed by atoms with van der Waals surface area (Å²) in [6.07, 6.45) is 1.84. The Morgan fingerprint density at radius 2 is 1.54 bits per heavy atom. The predicted molar refractivity (Wildman–Crippen MR) is 116 cm³/mol. The van der Waals surface area contributed by atoms with Gasteiger partial charge in [-0.1, -0.05) is 54.6 Å². The molecule has 0 aliphatic carbocycles. The average molecular weight is 358 g/mol. The number of benzene rings is 4. The average Bonchev–Trinajstić information content (AvgIpc) is 3.32. The minimum Gasteiger partial charge on any atom is -0.452 e. The lowest BCUT2D eigenvalue weighted by Crippen LogP contribution is -1.82. The maximum Gasteiger partial charge on any atom is 0.161 e. The first-order valence-corrected chi connectivity index (χ1v) is 9.41. The maximum absolute atomic E-state index is 6.36. The minimum absolute atomic E-state index is 0.817. The molecule has 3 aromatic heterocycles. The van der Waals surface area contributed by atoms with E-state index in [4.69, 9.17) is 4.42 Å². The first-order valence-electron chi connectivity index (χ1n) is 9.41. The van der Waals surface area contributed by atoms with Crippen LogP contribution in [0.4, 0.5) is 0 Å². The summed E-state index contributed by atoms with van der Waals surface area (Å²) >= 11 is 0. The molecule has 0 atom stereocenters. The molecular formula is C25H14N2O. The van der Waals surface area contributed by atoms with Crippen LogP contribution < -0.4 is 0 Å². The van der Waals surface area contributed by atoms with Crippen LogP contribution in [-0.4, -0.2) is 9.97 Å². The summed E-state index contributed by atoms with van der Waals surface area (Å²) in [4.78, 5) is 8.28. The van der Waals surface area contributed by atoms with Gasteiger partial charge in [-0.2, -0.15) is 0 Å². The summed E-state index contributed by atoms with van der Waals surface area (Å²) in [7, 11) is 0. The zero-order valence-electron chi connectivity index (χ0n) is 14.9. The second kappa shape index (κ2) is 4.90. The molecule has 130 valence electrons. The molecule has 0 unspecified atom stereocenters. The summed E-state index contributed by atoms with van der Waals surface area (Å²) in [5, 5.41) is 8.40. The van der Waals surface area contributed by atoms with Crippen LogP contribution in [0.25, 0.3) is 65.4 Å². The number of aromatic nitrogens is 2. The molecule has 1 N–H and O–H groups in total. The Kier molecular flexibility index (Phi) is 2.49. The fraction of sp³-hybridized carbons (Fsp3) is 0. The van der Waals surface area contributed by atoms with Gasteiger partial charge < -0.3 is 9.40 Å². The Balaban J connectivity index is 1.95. The summed E-state index contributed by atoms with van der Waals surface area (Å²) in [5.41, 5.74) is 4.77. The fourth-order valence-corrected chi connectivity index (χ4v) is 4.68. The molecule has 3 nitrogen and oxygen atoms in total. The van der Waals surface area contributed by atoms with Crippen molar-refractivity contribution in [2.24, 2.45) is 0 Å². The lowest BCUT2D eigenvalue weighted by atomic mass is 9.95. The monoisotopic (exact) mass is 358 g/mol. The van der Waals surface area contributed by atoms with Gasteiger partial charge in [-0.25, -0.2) is 0 Å². The van der Waals surface area contributed by atoms with Gasteiger partial charge in [0.15, 0.2) is 11.2 Å². The van der Waals surface area contributed by atoms with Gasteiger partial charge in [-0.3, -0.25) is 4.98 Å². The number of pyridine rings is 1. The Morgan fingerprint density at radius 1 is 0.679 bits per heavy atom. The highest BCUT2D eigenvalue weighted by Crippen LogP contribution is 2.44. The van der Waals surface area contributed by atoms with Crippen molar-refractivity contribution in [1.82, 2.24) is 9.97 Å². The number of nitrogens with zero attached hydrogens (tertiary/aromatic N) is 1. The van der Waals surface area contributed by atoms with E-state index in [1.54, 1.807) is 0 Å². The van der Waals surface area contributed by atoms with Crippen molar-refractivity contribution < 1.29 is 4.42 Å². The van der Waals surface area contributed by atoms with Gasteiger partial charge >= 0.3 is 0 Å². The van der Waals surface area contributed by atoms with Gasteiger partial charge in [0, 0.05) is 27.9 Å². The molecule has 0 fully saturated rings. The molecule has 28 heavy (non-hydrogen) atoms. The Hall–Kier alpha value is -3.85. The third kappa shape index (κ3) is 1.62. The summed E-state index contributed by atoms with van der Waals surface area (Å²) < 4.78 is 6.36.